The third-order valence-corrected chi connectivity index (χ3v) is 5.72. The number of hydrogen-bond acceptors (Lipinski definition) is 6. The van der Waals surface area contributed by atoms with E-state index in [2.05, 4.69) is 23.3 Å². The summed E-state index contributed by atoms with van der Waals surface area (Å²) in [7, 11) is 4.86. The number of fused-ring (bicyclic) bond motifs is 1. The van der Waals surface area contributed by atoms with E-state index >= 15 is 4.39 Å². The van der Waals surface area contributed by atoms with Crippen LogP contribution in [0.3, 0.4) is 0 Å². The van der Waals surface area contributed by atoms with Crippen LogP contribution in [0.25, 0.3) is 16.9 Å². The predicted octanol–water partition coefficient (Wildman–Crippen LogP) is 4.00. The SMILES string of the molecule is COC(=O)c1cc(C)c(-c2nc3cc(C)ccn3c2CC2CN(C)CCO2)c(F)c1.[CH-]=COC.[U]. The maximum Gasteiger partial charge on any atom is 0.337 e. The van der Waals surface area contributed by atoms with Gasteiger partial charge in [-0.1, -0.05) is 0 Å². The van der Waals surface area contributed by atoms with Crippen LogP contribution in [0.4, 0.5) is 4.39 Å². The number of carbonyl (C=O) groups is 1. The van der Waals surface area contributed by atoms with Crippen molar-refractivity contribution in [1.82, 2.24) is 14.3 Å². The molecule has 0 saturated carbocycles. The summed E-state index contributed by atoms with van der Waals surface area (Å²) in [5.41, 5.74) is 4.57. The Hall–Kier alpha value is -2.18. The van der Waals surface area contributed by atoms with E-state index in [1.807, 2.05) is 29.7 Å². The van der Waals surface area contributed by atoms with E-state index in [9.17, 15) is 4.79 Å². The molecule has 1 fully saturated rings. The summed E-state index contributed by atoms with van der Waals surface area (Å²) in [5, 5.41) is 0. The number of ether oxygens (including phenoxy) is 3. The number of aromatic nitrogens is 2. The van der Waals surface area contributed by atoms with E-state index in [0.717, 1.165) is 36.3 Å². The summed E-state index contributed by atoms with van der Waals surface area (Å²) in [5.74, 6) is -1.05. The molecule has 0 amide bonds. The number of esters is 1. The number of hydrogen-bond donors (Lipinski definition) is 0. The number of benzene rings is 1. The molecule has 1 aliphatic heterocycles. The van der Waals surface area contributed by atoms with E-state index in [1.165, 1.54) is 20.3 Å². The summed E-state index contributed by atoms with van der Waals surface area (Å²) in [6.07, 6.45) is 3.71. The summed E-state index contributed by atoms with van der Waals surface area (Å²) in [4.78, 5) is 18.9. The minimum absolute atomic E-state index is 0. The fourth-order valence-electron chi connectivity index (χ4n) is 4.08. The van der Waals surface area contributed by atoms with Crippen LogP contribution in [0.15, 0.2) is 36.7 Å². The molecule has 1 unspecified atom stereocenters. The minimum atomic E-state index is -0.562. The van der Waals surface area contributed by atoms with Crippen molar-refractivity contribution in [3.63, 3.8) is 0 Å². The van der Waals surface area contributed by atoms with Gasteiger partial charge in [0.05, 0.1) is 43.9 Å². The molecule has 0 bridgehead atoms. The van der Waals surface area contributed by atoms with Crippen molar-refractivity contribution in [2.75, 3.05) is 41.0 Å². The third kappa shape index (κ3) is 6.95. The Labute approximate surface area is 229 Å². The molecule has 0 aliphatic carbocycles. The van der Waals surface area contributed by atoms with E-state index < -0.39 is 11.8 Å². The van der Waals surface area contributed by atoms with Gasteiger partial charge in [-0.15, -0.1) is 6.26 Å². The zero-order valence-electron chi connectivity index (χ0n) is 20.8. The third-order valence-electron chi connectivity index (χ3n) is 5.72. The van der Waals surface area contributed by atoms with Gasteiger partial charge in [-0.05, 0) is 56.3 Å². The first-order valence-corrected chi connectivity index (χ1v) is 11.0. The minimum Gasteiger partial charge on any atom is -0.541 e. The standard InChI is InChI=1S/C23H26FN3O3.C3H5O.U/c1-14-5-6-27-19(12-17-13-26(3)7-8-30-17)22(25-20(27)9-14)21-15(2)10-16(11-18(21)24)23(28)29-4;1-3-4-2;/h5-6,9-11,17H,7-8,12-13H2,1-4H3;1,3H,2H3;/q;-1;. The van der Waals surface area contributed by atoms with Crippen LogP contribution in [0.1, 0.15) is 27.2 Å². The van der Waals surface area contributed by atoms with Gasteiger partial charge >= 0.3 is 5.97 Å². The second kappa shape index (κ2) is 13.2. The number of methoxy groups -OCH3 is 2. The van der Waals surface area contributed by atoms with Crippen LogP contribution in [0.5, 0.6) is 0 Å². The molecule has 1 saturated heterocycles. The van der Waals surface area contributed by atoms with Gasteiger partial charge in [-0.3, -0.25) is 0 Å². The number of likely N-dealkylation sites (N-methyl/N-ethyl adjacent to an activating group) is 1. The van der Waals surface area contributed by atoms with Crippen molar-refractivity contribution in [2.45, 2.75) is 26.4 Å². The Morgan fingerprint density at radius 2 is 2.03 bits per heavy atom. The van der Waals surface area contributed by atoms with Gasteiger partial charge in [0.15, 0.2) is 0 Å². The summed E-state index contributed by atoms with van der Waals surface area (Å²) in [6.45, 7) is 10.9. The predicted molar refractivity (Wildman–Crippen MR) is 128 cm³/mol. The molecule has 1 aliphatic rings. The molecule has 0 spiro atoms. The average molecular weight is 707 g/mol. The topological polar surface area (TPSA) is 65.3 Å². The molecule has 1 atom stereocenters. The van der Waals surface area contributed by atoms with Crippen molar-refractivity contribution >= 4 is 11.6 Å². The quantitative estimate of drug-likeness (QED) is 0.227. The Morgan fingerprint density at radius 3 is 2.63 bits per heavy atom. The molecule has 35 heavy (non-hydrogen) atoms. The summed E-state index contributed by atoms with van der Waals surface area (Å²) in [6, 6.07) is 6.86. The zero-order chi connectivity index (χ0) is 24.8. The normalized spacial score (nSPS) is 15.5. The maximum atomic E-state index is 15.2. The Kier molecular flexibility index (Phi) is 11.0. The molecular weight excluding hydrogens is 675 g/mol. The van der Waals surface area contributed by atoms with Crippen molar-refractivity contribution in [3.8, 4) is 11.3 Å². The van der Waals surface area contributed by atoms with Crippen molar-refractivity contribution in [3.05, 3.63) is 71.5 Å². The van der Waals surface area contributed by atoms with Gasteiger partial charge in [0, 0.05) is 62.4 Å². The van der Waals surface area contributed by atoms with Crippen LogP contribution in [-0.4, -0.2) is 67.3 Å². The Bertz CT molecular complexity index is 1160. The molecule has 3 heterocycles. The second-order valence-corrected chi connectivity index (χ2v) is 8.31. The monoisotopic (exact) mass is 706 g/mol. The van der Waals surface area contributed by atoms with Gasteiger partial charge in [0.1, 0.15) is 11.5 Å². The molecule has 0 N–H and O–H groups in total. The fraction of sp³-hybridized carbons (Fsp3) is 0.385. The van der Waals surface area contributed by atoms with Crippen LogP contribution in [-0.2, 0) is 20.6 Å². The number of nitrogens with zero attached hydrogens (tertiary/aromatic N) is 3. The van der Waals surface area contributed by atoms with Crippen LogP contribution in [0.2, 0.25) is 0 Å². The zero-order valence-corrected chi connectivity index (χ0v) is 25.0. The fourth-order valence-corrected chi connectivity index (χ4v) is 4.08. The van der Waals surface area contributed by atoms with E-state index in [1.54, 1.807) is 13.0 Å². The van der Waals surface area contributed by atoms with Gasteiger partial charge in [-0.25, -0.2) is 14.2 Å². The molecule has 2 aromatic heterocycles. The number of pyridine rings is 1. The first-order chi connectivity index (χ1) is 16.3. The van der Waals surface area contributed by atoms with Gasteiger partial charge in [0.2, 0.25) is 0 Å². The molecule has 1 aromatic carbocycles. The number of halogens is 1. The van der Waals surface area contributed by atoms with Crippen molar-refractivity contribution in [1.29, 1.82) is 0 Å². The van der Waals surface area contributed by atoms with E-state index in [4.69, 9.17) is 14.5 Å². The van der Waals surface area contributed by atoms with Crippen LogP contribution in [0, 0.1) is 57.4 Å². The number of morpholine rings is 1. The first kappa shape index (κ1) is 29.1. The number of rotatable bonds is 5. The molecule has 0 radical (unpaired) electrons. The molecule has 186 valence electrons. The van der Waals surface area contributed by atoms with Gasteiger partial charge in [-0.2, -0.15) is 0 Å². The Balaban J connectivity index is 0.000000804. The number of aryl methyl sites for hydroxylation is 2. The molecule has 4 rings (SSSR count). The average Bonchev–Trinajstić information content (AvgIpc) is 3.14. The summed E-state index contributed by atoms with van der Waals surface area (Å²) < 4.78 is 32.1. The van der Waals surface area contributed by atoms with Crippen molar-refractivity contribution in [2.24, 2.45) is 0 Å². The maximum absolute atomic E-state index is 15.2. The largest absolute Gasteiger partial charge is 0.541 e. The van der Waals surface area contributed by atoms with Crippen LogP contribution >= 0.6 is 0 Å². The van der Waals surface area contributed by atoms with Crippen molar-refractivity contribution < 1.29 is 54.5 Å². The number of imidazole rings is 1. The van der Waals surface area contributed by atoms with Gasteiger partial charge in [0.25, 0.3) is 0 Å². The van der Waals surface area contributed by atoms with E-state index in [0.29, 0.717) is 29.8 Å². The molecular formula is C26H31FN3O4U-. The molecule has 3 aromatic rings. The van der Waals surface area contributed by atoms with E-state index in [-0.39, 0.29) is 42.8 Å². The summed E-state index contributed by atoms with van der Waals surface area (Å²) >= 11 is 0. The van der Waals surface area contributed by atoms with Gasteiger partial charge < -0.3 is 30.1 Å². The second-order valence-electron chi connectivity index (χ2n) is 8.31. The molecule has 7 nitrogen and oxygen atoms in total. The first-order valence-electron chi connectivity index (χ1n) is 11.0. The van der Waals surface area contributed by atoms with Crippen LogP contribution < -0.4 is 0 Å². The number of carbonyl (C=O) groups excluding carboxylic acids is 1. The molecule has 9 heteroatoms. The Morgan fingerprint density at radius 1 is 1.31 bits per heavy atom. The smallest absolute Gasteiger partial charge is 0.337 e.